The number of benzene rings is 2. The number of nitrogens with one attached hydrogen (secondary N) is 1. The molecule has 3 N–H and O–H groups in total. The highest BCUT2D eigenvalue weighted by Crippen LogP contribution is 2.22. The topological polar surface area (TPSA) is 85.8 Å². The van der Waals surface area contributed by atoms with Crippen molar-refractivity contribution < 1.29 is 4.79 Å². The van der Waals surface area contributed by atoms with Gasteiger partial charge < -0.3 is 11.2 Å². The van der Waals surface area contributed by atoms with Crippen LogP contribution in [0.3, 0.4) is 0 Å². The standard InChI is InChI=1S/C19H21N5OS/c1-13-7-6-10-16(11-13)18-22-23-19(24(18)20)26-12-17(25)21-14(2)15-8-4-3-5-9-15/h3-11,14H,12,20H2,1-2H3,(H,21,25)/t14-/m0/s1. The Balaban J connectivity index is 1.61. The molecule has 0 fully saturated rings. The largest absolute Gasteiger partial charge is 0.349 e. The summed E-state index contributed by atoms with van der Waals surface area (Å²) in [5.74, 6) is 6.83. The molecule has 6 nitrogen and oxygen atoms in total. The number of aromatic nitrogens is 3. The molecule has 0 saturated heterocycles. The number of nitrogens with zero attached hydrogens (tertiary/aromatic N) is 3. The molecule has 3 rings (SSSR count). The van der Waals surface area contributed by atoms with Crippen LogP contribution in [0.4, 0.5) is 0 Å². The minimum Gasteiger partial charge on any atom is -0.349 e. The van der Waals surface area contributed by atoms with Gasteiger partial charge in [-0.05, 0) is 25.5 Å². The second-order valence-electron chi connectivity index (χ2n) is 6.03. The number of hydrogen-bond donors (Lipinski definition) is 2. The van der Waals surface area contributed by atoms with Crippen molar-refractivity contribution in [2.24, 2.45) is 0 Å². The van der Waals surface area contributed by atoms with E-state index in [1.165, 1.54) is 16.4 Å². The first kappa shape index (κ1) is 18.0. The molecule has 7 heteroatoms. The Morgan fingerprint density at radius 3 is 2.69 bits per heavy atom. The average molecular weight is 367 g/mol. The summed E-state index contributed by atoms with van der Waals surface area (Å²) >= 11 is 1.26. The molecule has 0 unspecified atom stereocenters. The van der Waals surface area contributed by atoms with Crippen LogP contribution in [0.25, 0.3) is 11.4 Å². The fourth-order valence-electron chi connectivity index (χ4n) is 2.59. The molecular weight excluding hydrogens is 346 g/mol. The number of amides is 1. The van der Waals surface area contributed by atoms with E-state index in [2.05, 4.69) is 15.5 Å². The highest BCUT2D eigenvalue weighted by molar-refractivity contribution is 7.99. The lowest BCUT2D eigenvalue weighted by atomic mass is 10.1. The lowest BCUT2D eigenvalue weighted by molar-refractivity contribution is -0.119. The summed E-state index contributed by atoms with van der Waals surface area (Å²) in [6, 6.07) is 17.7. The molecule has 0 saturated carbocycles. The first-order valence-corrected chi connectivity index (χ1v) is 9.28. The van der Waals surface area contributed by atoms with Crippen LogP contribution in [0.1, 0.15) is 24.1 Å². The van der Waals surface area contributed by atoms with Gasteiger partial charge >= 0.3 is 0 Å². The molecule has 0 spiro atoms. The summed E-state index contributed by atoms with van der Waals surface area (Å²) in [6.07, 6.45) is 0. The van der Waals surface area contributed by atoms with Gasteiger partial charge in [-0.15, -0.1) is 10.2 Å². The van der Waals surface area contributed by atoms with Gasteiger partial charge in [-0.2, -0.15) is 0 Å². The molecule has 0 bridgehead atoms. The molecule has 0 aliphatic rings. The van der Waals surface area contributed by atoms with Crippen molar-refractivity contribution >= 4 is 17.7 Å². The van der Waals surface area contributed by atoms with E-state index in [4.69, 9.17) is 5.84 Å². The van der Waals surface area contributed by atoms with Gasteiger partial charge in [0.15, 0.2) is 5.82 Å². The van der Waals surface area contributed by atoms with Crippen molar-refractivity contribution in [3.8, 4) is 11.4 Å². The Morgan fingerprint density at radius 2 is 1.96 bits per heavy atom. The summed E-state index contributed by atoms with van der Waals surface area (Å²) in [5.41, 5.74) is 3.08. The molecular formula is C19H21N5OS. The second kappa shape index (κ2) is 8.05. The van der Waals surface area contributed by atoms with Crippen LogP contribution in [-0.4, -0.2) is 26.5 Å². The van der Waals surface area contributed by atoms with Crippen LogP contribution in [0.15, 0.2) is 59.8 Å². The van der Waals surface area contributed by atoms with Crippen molar-refractivity contribution in [2.75, 3.05) is 11.6 Å². The number of rotatable bonds is 6. The highest BCUT2D eigenvalue weighted by Gasteiger charge is 2.15. The Labute approximate surface area is 156 Å². The van der Waals surface area contributed by atoms with E-state index in [9.17, 15) is 4.79 Å². The molecule has 3 aromatic rings. The van der Waals surface area contributed by atoms with Crippen molar-refractivity contribution in [3.63, 3.8) is 0 Å². The maximum absolute atomic E-state index is 12.2. The molecule has 1 heterocycles. The third-order valence-electron chi connectivity index (χ3n) is 3.95. The van der Waals surface area contributed by atoms with Gasteiger partial charge in [0, 0.05) is 5.56 Å². The zero-order chi connectivity index (χ0) is 18.5. The van der Waals surface area contributed by atoms with Crippen LogP contribution in [0, 0.1) is 6.92 Å². The van der Waals surface area contributed by atoms with E-state index in [1.807, 2.05) is 68.4 Å². The van der Waals surface area contributed by atoms with E-state index in [0.717, 1.165) is 16.7 Å². The van der Waals surface area contributed by atoms with Crippen LogP contribution in [0.2, 0.25) is 0 Å². The molecule has 2 aromatic carbocycles. The number of nitrogens with two attached hydrogens (primary N) is 1. The first-order valence-electron chi connectivity index (χ1n) is 8.29. The Kier molecular flexibility index (Phi) is 5.58. The molecule has 26 heavy (non-hydrogen) atoms. The first-order chi connectivity index (χ1) is 12.5. The summed E-state index contributed by atoms with van der Waals surface area (Å²) in [5, 5.41) is 11.7. The monoisotopic (exact) mass is 367 g/mol. The van der Waals surface area contributed by atoms with Crippen LogP contribution in [-0.2, 0) is 4.79 Å². The van der Waals surface area contributed by atoms with E-state index >= 15 is 0 Å². The summed E-state index contributed by atoms with van der Waals surface area (Å²) in [6.45, 7) is 3.97. The maximum atomic E-state index is 12.2. The quantitative estimate of drug-likeness (QED) is 0.517. The minimum absolute atomic E-state index is 0.0529. The Hall–Kier alpha value is -2.80. The number of hydrogen-bond acceptors (Lipinski definition) is 5. The van der Waals surface area contributed by atoms with E-state index < -0.39 is 0 Å². The van der Waals surface area contributed by atoms with Crippen molar-refractivity contribution in [1.29, 1.82) is 0 Å². The number of thioether (sulfide) groups is 1. The molecule has 0 aliphatic carbocycles. The van der Waals surface area contributed by atoms with Gasteiger partial charge in [-0.25, -0.2) is 4.68 Å². The van der Waals surface area contributed by atoms with Gasteiger partial charge in [0.05, 0.1) is 11.8 Å². The van der Waals surface area contributed by atoms with Gasteiger partial charge in [-0.1, -0.05) is 65.9 Å². The Morgan fingerprint density at radius 1 is 1.19 bits per heavy atom. The van der Waals surface area contributed by atoms with Gasteiger partial charge in [0.25, 0.3) is 0 Å². The van der Waals surface area contributed by atoms with E-state index in [-0.39, 0.29) is 17.7 Å². The van der Waals surface area contributed by atoms with Crippen molar-refractivity contribution in [1.82, 2.24) is 20.2 Å². The van der Waals surface area contributed by atoms with Crippen molar-refractivity contribution in [2.45, 2.75) is 25.0 Å². The zero-order valence-corrected chi connectivity index (χ0v) is 15.5. The number of carbonyl (C=O) groups is 1. The third kappa shape index (κ3) is 4.23. The fourth-order valence-corrected chi connectivity index (χ4v) is 3.26. The lowest BCUT2D eigenvalue weighted by Crippen LogP contribution is -2.28. The van der Waals surface area contributed by atoms with Crippen molar-refractivity contribution in [3.05, 3.63) is 65.7 Å². The zero-order valence-electron chi connectivity index (χ0n) is 14.7. The predicted octanol–water partition coefficient (Wildman–Crippen LogP) is 2.94. The van der Waals surface area contributed by atoms with Gasteiger partial charge in [-0.3, -0.25) is 4.79 Å². The lowest BCUT2D eigenvalue weighted by Gasteiger charge is -2.13. The molecule has 0 radical (unpaired) electrons. The van der Waals surface area contributed by atoms with Crippen LogP contribution in [0.5, 0.6) is 0 Å². The maximum Gasteiger partial charge on any atom is 0.230 e. The normalized spacial score (nSPS) is 11.9. The molecule has 0 aliphatic heterocycles. The second-order valence-corrected chi connectivity index (χ2v) is 6.98. The number of nitrogen functional groups attached to an aromatic ring is 1. The van der Waals surface area contributed by atoms with E-state index in [0.29, 0.717) is 11.0 Å². The molecule has 134 valence electrons. The molecule has 1 amide bonds. The summed E-state index contributed by atoms with van der Waals surface area (Å²) in [7, 11) is 0. The van der Waals surface area contributed by atoms with E-state index in [1.54, 1.807) is 0 Å². The molecule has 1 aromatic heterocycles. The highest BCUT2D eigenvalue weighted by atomic mass is 32.2. The number of aryl methyl sites for hydroxylation is 1. The molecule has 1 atom stereocenters. The minimum atomic E-state index is -0.0774. The number of carbonyl (C=O) groups excluding carboxylic acids is 1. The fraction of sp³-hybridized carbons (Fsp3) is 0.211. The van der Waals surface area contributed by atoms with Crippen LogP contribution < -0.4 is 11.2 Å². The van der Waals surface area contributed by atoms with Gasteiger partial charge in [0.2, 0.25) is 11.1 Å². The summed E-state index contributed by atoms with van der Waals surface area (Å²) in [4.78, 5) is 12.2. The SMILES string of the molecule is Cc1cccc(-c2nnc(SCC(=O)N[C@@H](C)c3ccccc3)n2N)c1. The average Bonchev–Trinajstić information content (AvgIpc) is 3.01. The smallest absolute Gasteiger partial charge is 0.230 e. The third-order valence-corrected chi connectivity index (χ3v) is 4.89. The van der Waals surface area contributed by atoms with Crippen LogP contribution >= 0.6 is 11.8 Å². The predicted molar refractivity (Wildman–Crippen MR) is 104 cm³/mol. The summed E-state index contributed by atoms with van der Waals surface area (Å²) < 4.78 is 1.42. The Bertz CT molecular complexity index is 894. The van der Waals surface area contributed by atoms with Gasteiger partial charge in [0.1, 0.15) is 0 Å².